The highest BCUT2D eigenvalue weighted by Crippen LogP contribution is 2.28. The number of nitrogens with zero attached hydrogens (tertiary/aromatic N) is 3. The van der Waals surface area contributed by atoms with Crippen LogP contribution in [0.4, 0.5) is 0 Å². The molecule has 0 bridgehead atoms. The topological polar surface area (TPSA) is 47.1 Å². The van der Waals surface area contributed by atoms with Crippen LogP contribution in [0.5, 0.6) is 0 Å². The van der Waals surface area contributed by atoms with Crippen LogP contribution in [0.25, 0.3) is 0 Å². The van der Waals surface area contributed by atoms with Crippen LogP contribution in [-0.4, -0.2) is 33.8 Å². The van der Waals surface area contributed by atoms with Crippen LogP contribution in [-0.2, 0) is 13.1 Å². The summed E-state index contributed by atoms with van der Waals surface area (Å²) in [7, 11) is 0. The van der Waals surface area contributed by atoms with E-state index in [2.05, 4.69) is 34.6 Å². The molecule has 2 atom stereocenters. The molecule has 0 saturated heterocycles. The lowest BCUT2D eigenvalue weighted by atomic mass is 9.83. The molecule has 1 saturated carbocycles. The fourth-order valence-corrected chi connectivity index (χ4v) is 3.52. The Morgan fingerprint density at radius 2 is 2.15 bits per heavy atom. The Morgan fingerprint density at radius 1 is 1.35 bits per heavy atom. The SMILES string of the molecule is CCCn1nccc1CN(CC)C1CCCCC1CN. The molecule has 0 amide bonds. The summed E-state index contributed by atoms with van der Waals surface area (Å²) in [6.45, 7) is 8.42. The second kappa shape index (κ2) is 7.79. The molecule has 0 aromatic carbocycles. The predicted molar refractivity (Wildman–Crippen MR) is 83.4 cm³/mol. The van der Waals surface area contributed by atoms with Crippen molar-refractivity contribution in [3.63, 3.8) is 0 Å². The molecule has 1 aromatic rings. The molecule has 2 unspecified atom stereocenters. The zero-order valence-electron chi connectivity index (χ0n) is 13.1. The molecule has 0 aliphatic heterocycles. The summed E-state index contributed by atoms with van der Waals surface area (Å²) in [6.07, 6.45) is 8.37. The summed E-state index contributed by atoms with van der Waals surface area (Å²) in [6, 6.07) is 2.82. The fraction of sp³-hybridized carbons (Fsp3) is 0.812. The summed E-state index contributed by atoms with van der Waals surface area (Å²) in [5, 5.41) is 4.44. The second-order valence-electron chi connectivity index (χ2n) is 5.96. The first kappa shape index (κ1) is 15.5. The van der Waals surface area contributed by atoms with Crippen molar-refractivity contribution in [1.82, 2.24) is 14.7 Å². The summed E-state index contributed by atoms with van der Waals surface area (Å²) in [4.78, 5) is 2.61. The minimum absolute atomic E-state index is 0.656. The first-order valence-corrected chi connectivity index (χ1v) is 8.24. The van der Waals surface area contributed by atoms with Crippen LogP contribution in [0.3, 0.4) is 0 Å². The van der Waals surface area contributed by atoms with Crippen LogP contribution in [0.15, 0.2) is 12.3 Å². The normalized spacial score (nSPS) is 23.4. The molecule has 114 valence electrons. The molecule has 4 heteroatoms. The molecule has 1 aromatic heterocycles. The Morgan fingerprint density at radius 3 is 2.85 bits per heavy atom. The molecule has 1 heterocycles. The smallest absolute Gasteiger partial charge is 0.0524 e. The second-order valence-corrected chi connectivity index (χ2v) is 5.96. The number of aryl methyl sites for hydroxylation is 1. The van der Waals surface area contributed by atoms with Crippen LogP contribution in [0.1, 0.15) is 51.6 Å². The van der Waals surface area contributed by atoms with Gasteiger partial charge in [-0.25, -0.2) is 0 Å². The zero-order chi connectivity index (χ0) is 14.4. The molecule has 2 rings (SSSR count). The van der Waals surface area contributed by atoms with E-state index in [4.69, 9.17) is 5.73 Å². The van der Waals surface area contributed by atoms with Gasteiger partial charge in [0.2, 0.25) is 0 Å². The maximum Gasteiger partial charge on any atom is 0.0524 e. The largest absolute Gasteiger partial charge is 0.330 e. The van der Waals surface area contributed by atoms with Crippen molar-refractivity contribution in [3.8, 4) is 0 Å². The summed E-state index contributed by atoms with van der Waals surface area (Å²) < 4.78 is 2.16. The molecule has 4 nitrogen and oxygen atoms in total. The van der Waals surface area contributed by atoms with E-state index in [1.807, 2.05) is 6.20 Å². The third-order valence-corrected chi connectivity index (χ3v) is 4.65. The Bertz CT molecular complexity index is 388. The van der Waals surface area contributed by atoms with Gasteiger partial charge in [0.25, 0.3) is 0 Å². The van der Waals surface area contributed by atoms with Gasteiger partial charge < -0.3 is 5.73 Å². The lowest BCUT2D eigenvalue weighted by molar-refractivity contribution is 0.103. The van der Waals surface area contributed by atoms with Gasteiger partial charge in [0.05, 0.1) is 5.69 Å². The summed E-state index contributed by atoms with van der Waals surface area (Å²) >= 11 is 0. The van der Waals surface area contributed by atoms with Crippen LogP contribution in [0.2, 0.25) is 0 Å². The molecule has 1 aliphatic carbocycles. The highest BCUT2D eigenvalue weighted by Gasteiger charge is 2.28. The van der Waals surface area contributed by atoms with E-state index in [0.717, 1.165) is 32.6 Å². The van der Waals surface area contributed by atoms with Gasteiger partial charge in [-0.2, -0.15) is 5.10 Å². The molecule has 20 heavy (non-hydrogen) atoms. The highest BCUT2D eigenvalue weighted by atomic mass is 15.3. The van der Waals surface area contributed by atoms with Crippen molar-refractivity contribution in [1.29, 1.82) is 0 Å². The highest BCUT2D eigenvalue weighted by molar-refractivity contribution is 5.01. The first-order chi connectivity index (χ1) is 9.80. The minimum Gasteiger partial charge on any atom is -0.330 e. The van der Waals surface area contributed by atoms with E-state index in [9.17, 15) is 0 Å². The van der Waals surface area contributed by atoms with E-state index in [-0.39, 0.29) is 0 Å². The zero-order valence-corrected chi connectivity index (χ0v) is 13.1. The van der Waals surface area contributed by atoms with Gasteiger partial charge in [-0.15, -0.1) is 0 Å². The number of hydrogen-bond donors (Lipinski definition) is 1. The van der Waals surface area contributed by atoms with Crippen LogP contribution >= 0.6 is 0 Å². The van der Waals surface area contributed by atoms with Gasteiger partial charge in [0.1, 0.15) is 0 Å². The quantitative estimate of drug-likeness (QED) is 0.834. The number of nitrogens with two attached hydrogens (primary N) is 1. The maximum absolute atomic E-state index is 5.99. The standard InChI is InChI=1S/C16H30N4/c1-3-11-20-15(9-10-18-20)13-19(4-2)16-8-6-5-7-14(16)12-17/h9-10,14,16H,3-8,11-13,17H2,1-2H3. The van der Waals surface area contributed by atoms with E-state index in [1.54, 1.807) is 0 Å². The first-order valence-electron chi connectivity index (χ1n) is 8.24. The summed E-state index contributed by atoms with van der Waals surface area (Å²) in [5.41, 5.74) is 7.34. The van der Waals surface area contributed by atoms with Crippen molar-refractivity contribution >= 4 is 0 Å². The third kappa shape index (κ3) is 3.61. The van der Waals surface area contributed by atoms with E-state index < -0.39 is 0 Å². The van der Waals surface area contributed by atoms with Gasteiger partial charge >= 0.3 is 0 Å². The monoisotopic (exact) mass is 278 g/mol. The van der Waals surface area contributed by atoms with Gasteiger partial charge in [-0.3, -0.25) is 9.58 Å². The Balaban J connectivity index is 2.05. The average molecular weight is 278 g/mol. The van der Waals surface area contributed by atoms with Crippen LogP contribution in [0, 0.1) is 5.92 Å². The number of hydrogen-bond acceptors (Lipinski definition) is 3. The van der Waals surface area contributed by atoms with E-state index >= 15 is 0 Å². The Kier molecular flexibility index (Phi) is 6.05. The van der Waals surface area contributed by atoms with E-state index in [1.165, 1.54) is 31.4 Å². The van der Waals surface area contributed by atoms with Crippen molar-refractivity contribution < 1.29 is 0 Å². The Hall–Kier alpha value is -0.870. The summed E-state index contributed by atoms with van der Waals surface area (Å²) in [5.74, 6) is 0.672. The van der Waals surface area contributed by atoms with Gasteiger partial charge in [-0.05, 0) is 44.3 Å². The third-order valence-electron chi connectivity index (χ3n) is 4.65. The number of aromatic nitrogens is 2. The minimum atomic E-state index is 0.656. The van der Waals surface area contributed by atoms with Crippen molar-refractivity contribution in [2.24, 2.45) is 11.7 Å². The lowest BCUT2D eigenvalue weighted by Gasteiger charge is -2.39. The lowest BCUT2D eigenvalue weighted by Crippen LogP contribution is -2.44. The van der Waals surface area contributed by atoms with Gasteiger partial charge in [-0.1, -0.05) is 26.7 Å². The van der Waals surface area contributed by atoms with Crippen molar-refractivity contribution in [2.75, 3.05) is 13.1 Å². The molecule has 1 aliphatic rings. The molecule has 2 N–H and O–H groups in total. The van der Waals surface area contributed by atoms with Gasteiger partial charge in [0.15, 0.2) is 0 Å². The molecule has 0 radical (unpaired) electrons. The molecule has 0 spiro atoms. The van der Waals surface area contributed by atoms with Crippen LogP contribution < -0.4 is 5.73 Å². The molecular weight excluding hydrogens is 248 g/mol. The van der Waals surface area contributed by atoms with Crippen molar-refractivity contribution in [2.45, 2.75) is 65.1 Å². The van der Waals surface area contributed by atoms with Gasteiger partial charge in [0, 0.05) is 25.3 Å². The predicted octanol–water partition coefficient (Wildman–Crippen LogP) is 2.63. The molecular formula is C16H30N4. The van der Waals surface area contributed by atoms with Crippen molar-refractivity contribution in [3.05, 3.63) is 18.0 Å². The average Bonchev–Trinajstić information content (AvgIpc) is 2.92. The van der Waals surface area contributed by atoms with E-state index in [0.29, 0.717) is 12.0 Å². The Labute approximate surface area is 123 Å². The fourth-order valence-electron chi connectivity index (χ4n) is 3.52. The molecule has 1 fully saturated rings. The maximum atomic E-state index is 5.99. The number of rotatable bonds is 7.